The molecule has 1 saturated carbocycles. The van der Waals surface area contributed by atoms with Crippen LogP contribution in [-0.2, 0) is 9.47 Å². The topological polar surface area (TPSA) is 205 Å². The van der Waals surface area contributed by atoms with Gasteiger partial charge in [-0.05, 0) is 104 Å². The minimum absolute atomic E-state index is 0.0181. The van der Waals surface area contributed by atoms with E-state index in [1.54, 1.807) is 76.3 Å². The third-order valence-electron chi connectivity index (χ3n) is 12.2. The fourth-order valence-corrected chi connectivity index (χ4v) is 8.41. The number of amides is 4. The van der Waals surface area contributed by atoms with Crippen molar-refractivity contribution in [2.24, 2.45) is 10.2 Å². The molecule has 4 amide bonds. The van der Waals surface area contributed by atoms with Crippen molar-refractivity contribution in [3.63, 3.8) is 0 Å². The number of methoxy groups -OCH3 is 3. The fourth-order valence-electron chi connectivity index (χ4n) is 8.41. The molecular weight excluding hydrogens is 933 g/mol. The molecule has 6 aromatic rings. The molecule has 0 spiro atoms. The highest BCUT2D eigenvalue weighted by molar-refractivity contribution is 6.06. The number of nitrogens with zero attached hydrogens (tertiary/aromatic N) is 6. The van der Waals surface area contributed by atoms with E-state index in [4.69, 9.17) is 33.5 Å². The van der Waals surface area contributed by atoms with Gasteiger partial charge in [0.05, 0.1) is 45.6 Å². The van der Waals surface area contributed by atoms with Crippen molar-refractivity contribution in [2.45, 2.75) is 63.4 Å². The van der Waals surface area contributed by atoms with Crippen LogP contribution in [0, 0.1) is 0 Å². The summed E-state index contributed by atoms with van der Waals surface area (Å²) in [5.74, 6) is 1.71. The Kier molecular flexibility index (Phi) is 16.9. The molecule has 2 N–H and O–H groups in total. The normalized spacial score (nSPS) is 16.2. The Labute approximate surface area is 422 Å². The number of rotatable bonds is 17. The minimum Gasteiger partial charge on any atom is -0.493 e. The van der Waals surface area contributed by atoms with E-state index in [2.05, 4.69) is 25.7 Å². The quantitative estimate of drug-likeness (QED) is 0.0879. The van der Waals surface area contributed by atoms with Crippen LogP contribution >= 0.6 is 0 Å². The van der Waals surface area contributed by atoms with Gasteiger partial charge in [-0.2, -0.15) is 20.2 Å². The first kappa shape index (κ1) is 50.6. The van der Waals surface area contributed by atoms with Crippen LogP contribution in [0.4, 0.5) is 9.59 Å². The fraction of sp³-hybridized carbons (Fsp3) is 0.273. The third-order valence-corrected chi connectivity index (χ3v) is 12.2. The SMILES string of the molecule is CCC1OC(=O)N(C(NC(=O)c2cccnc2)c2ccccc2)N=C1c1ccc(OC)c(OC2CCCC2)c1.COc1ccc(C2=NN(CC(NC(=O)c3ccncc3)c3ccccc3)C(=O)OC2)cc1OC. The number of benzene rings is 4. The number of ether oxygens (including phenoxy) is 6. The van der Waals surface area contributed by atoms with Crippen LogP contribution in [0.2, 0.25) is 0 Å². The number of nitrogens with one attached hydrogen (secondary N) is 2. The first-order valence-electron chi connectivity index (χ1n) is 23.9. The monoisotopic (exact) mass is 988 g/mol. The van der Waals surface area contributed by atoms with Crippen LogP contribution in [0.25, 0.3) is 0 Å². The molecule has 18 heteroatoms. The Morgan fingerprint density at radius 3 is 1.97 bits per heavy atom. The average Bonchev–Trinajstić information content (AvgIpc) is 3.96. The van der Waals surface area contributed by atoms with Gasteiger partial charge in [0, 0.05) is 41.5 Å². The maximum atomic E-state index is 13.3. The summed E-state index contributed by atoms with van der Waals surface area (Å²) in [7, 11) is 4.72. The van der Waals surface area contributed by atoms with Crippen LogP contribution in [0.15, 0.2) is 156 Å². The molecule has 3 unspecified atom stereocenters. The van der Waals surface area contributed by atoms with Crippen molar-refractivity contribution in [3.05, 3.63) is 179 Å². The molecule has 1 fully saturated rings. The number of pyridine rings is 2. The number of cyclic esters (lactones) is 2. The summed E-state index contributed by atoms with van der Waals surface area (Å²) >= 11 is 0. The number of hydrogen-bond donors (Lipinski definition) is 2. The maximum absolute atomic E-state index is 13.3. The van der Waals surface area contributed by atoms with Gasteiger partial charge >= 0.3 is 12.2 Å². The Morgan fingerprint density at radius 1 is 0.671 bits per heavy atom. The lowest BCUT2D eigenvalue weighted by Gasteiger charge is -2.34. The highest BCUT2D eigenvalue weighted by atomic mass is 16.6. The zero-order valence-electron chi connectivity index (χ0n) is 40.9. The van der Waals surface area contributed by atoms with E-state index < -0.39 is 36.4 Å². The van der Waals surface area contributed by atoms with Gasteiger partial charge in [0.1, 0.15) is 24.1 Å². The van der Waals surface area contributed by atoms with E-state index in [-0.39, 0.29) is 25.2 Å². The summed E-state index contributed by atoms with van der Waals surface area (Å²) in [6, 6.07) is 35.6. The number of carbonyl (C=O) groups is 4. The molecule has 0 bridgehead atoms. The van der Waals surface area contributed by atoms with Gasteiger partial charge in [0.15, 0.2) is 29.2 Å². The van der Waals surface area contributed by atoms with E-state index in [9.17, 15) is 19.2 Å². The molecular formula is C55H56N8O10. The summed E-state index contributed by atoms with van der Waals surface area (Å²) in [6.45, 7) is 2.03. The zero-order valence-corrected chi connectivity index (χ0v) is 40.9. The summed E-state index contributed by atoms with van der Waals surface area (Å²) in [4.78, 5) is 59.7. The summed E-state index contributed by atoms with van der Waals surface area (Å²) < 4.78 is 33.7. The second kappa shape index (κ2) is 24.4. The molecule has 4 heterocycles. The highest BCUT2D eigenvalue weighted by Gasteiger charge is 2.37. The Morgan fingerprint density at radius 2 is 1.32 bits per heavy atom. The van der Waals surface area contributed by atoms with Crippen molar-refractivity contribution in [2.75, 3.05) is 34.5 Å². The van der Waals surface area contributed by atoms with E-state index in [0.717, 1.165) is 42.4 Å². The third kappa shape index (κ3) is 12.6. The molecule has 376 valence electrons. The number of aromatic nitrogens is 2. The number of hydrogen-bond acceptors (Lipinski definition) is 14. The predicted molar refractivity (Wildman–Crippen MR) is 271 cm³/mol. The molecule has 9 rings (SSSR count). The minimum atomic E-state index is -0.910. The lowest BCUT2D eigenvalue weighted by molar-refractivity contribution is 0.0493. The van der Waals surface area contributed by atoms with Gasteiger partial charge in [0.25, 0.3) is 11.8 Å². The van der Waals surface area contributed by atoms with Crippen molar-refractivity contribution in [1.29, 1.82) is 0 Å². The molecule has 0 radical (unpaired) electrons. The maximum Gasteiger partial charge on any atom is 0.433 e. The average molecular weight is 989 g/mol. The number of carbonyl (C=O) groups excluding carboxylic acids is 4. The van der Waals surface area contributed by atoms with Gasteiger partial charge in [-0.25, -0.2) is 9.59 Å². The van der Waals surface area contributed by atoms with Crippen LogP contribution in [-0.4, -0.2) is 102 Å². The smallest absolute Gasteiger partial charge is 0.433 e. The van der Waals surface area contributed by atoms with Gasteiger partial charge in [-0.3, -0.25) is 19.6 Å². The number of hydrazone groups is 2. The van der Waals surface area contributed by atoms with Gasteiger partial charge < -0.3 is 39.1 Å². The second-order valence-corrected chi connectivity index (χ2v) is 17.0. The largest absolute Gasteiger partial charge is 0.493 e. The molecule has 1 aliphatic carbocycles. The Hall–Kier alpha value is -8.80. The van der Waals surface area contributed by atoms with Crippen LogP contribution in [0.3, 0.4) is 0 Å². The second-order valence-electron chi connectivity index (χ2n) is 17.0. The Balaban J connectivity index is 0.000000197. The summed E-state index contributed by atoms with van der Waals surface area (Å²) in [5.41, 5.74) is 4.91. The van der Waals surface area contributed by atoms with Crippen LogP contribution in [0.5, 0.6) is 23.0 Å². The lowest BCUT2D eigenvalue weighted by Crippen LogP contribution is -2.48. The Bertz CT molecular complexity index is 2900. The molecule has 0 saturated heterocycles. The van der Waals surface area contributed by atoms with E-state index >= 15 is 0 Å². The molecule has 73 heavy (non-hydrogen) atoms. The van der Waals surface area contributed by atoms with Crippen LogP contribution < -0.4 is 29.6 Å². The van der Waals surface area contributed by atoms with E-state index in [1.165, 1.54) is 16.2 Å². The van der Waals surface area contributed by atoms with Crippen molar-refractivity contribution >= 4 is 35.4 Å². The first-order chi connectivity index (χ1) is 35.7. The zero-order chi connectivity index (χ0) is 51.1. The van der Waals surface area contributed by atoms with Gasteiger partial charge in [-0.1, -0.05) is 67.6 Å². The molecule has 3 aliphatic rings. The lowest BCUT2D eigenvalue weighted by atomic mass is 10.0. The molecule has 2 aliphatic heterocycles. The van der Waals surface area contributed by atoms with Gasteiger partial charge in [0.2, 0.25) is 0 Å². The molecule has 18 nitrogen and oxygen atoms in total. The molecule has 4 aromatic carbocycles. The predicted octanol–water partition coefficient (Wildman–Crippen LogP) is 8.90. The van der Waals surface area contributed by atoms with Gasteiger partial charge in [-0.15, -0.1) is 0 Å². The first-order valence-corrected chi connectivity index (χ1v) is 23.9. The summed E-state index contributed by atoms with van der Waals surface area (Å²) in [5, 5.41) is 17.6. The highest BCUT2D eigenvalue weighted by Crippen LogP contribution is 2.35. The van der Waals surface area contributed by atoms with E-state index in [1.807, 2.05) is 91.9 Å². The summed E-state index contributed by atoms with van der Waals surface area (Å²) in [6.07, 6.45) is 8.42. The van der Waals surface area contributed by atoms with E-state index in [0.29, 0.717) is 57.5 Å². The van der Waals surface area contributed by atoms with Crippen molar-refractivity contribution < 1.29 is 47.6 Å². The van der Waals surface area contributed by atoms with Crippen LogP contribution in [0.1, 0.15) is 94.2 Å². The van der Waals surface area contributed by atoms with Crippen molar-refractivity contribution in [3.8, 4) is 23.0 Å². The van der Waals surface area contributed by atoms with Crippen molar-refractivity contribution in [1.82, 2.24) is 30.6 Å². The molecule has 3 atom stereocenters. The molecule has 2 aromatic heterocycles. The standard InChI is InChI=1S/C30H32N4O5.C25H24N4O5/c1-3-24-27(21-15-16-25(37-2)26(18-21)38-23-13-7-8-14-23)33-34(30(36)39-24)28(20-10-5-4-6-11-20)32-29(35)22-12-9-17-31-19-22;1-32-22-9-8-19(14-23(22)33-2)21-16-34-25(31)29(28-21)15-20(17-6-4-3-5-7-17)27-24(30)18-10-12-26-13-11-18/h4-6,9-12,15-19,23-24,28H,3,7-8,13-14H2,1-2H3,(H,32,35);3-14,20H,15-16H2,1-2H3,(H,27,30).